The van der Waals surface area contributed by atoms with Gasteiger partial charge in [0.25, 0.3) is 0 Å². The zero-order valence-electron chi connectivity index (χ0n) is 11.5. The fourth-order valence-corrected chi connectivity index (χ4v) is 2.86. The number of benzene rings is 1. The number of carbonyl (C=O) groups excluding carboxylic acids is 1. The van der Waals surface area contributed by atoms with E-state index in [2.05, 4.69) is 5.32 Å². The van der Waals surface area contributed by atoms with E-state index in [1.165, 1.54) is 6.26 Å². The van der Waals surface area contributed by atoms with Crippen LogP contribution in [0.3, 0.4) is 0 Å². The van der Waals surface area contributed by atoms with Crippen LogP contribution in [0.1, 0.15) is 12.0 Å². The van der Waals surface area contributed by atoms with E-state index in [1.807, 2.05) is 24.3 Å². The summed E-state index contributed by atoms with van der Waals surface area (Å²) in [6.07, 6.45) is 2.30. The van der Waals surface area contributed by atoms with Gasteiger partial charge in [0, 0.05) is 12.8 Å². The van der Waals surface area contributed by atoms with Crippen LogP contribution >= 0.6 is 0 Å². The van der Waals surface area contributed by atoms with E-state index in [-0.39, 0.29) is 17.6 Å². The summed E-state index contributed by atoms with van der Waals surface area (Å²) in [6, 6.07) is 7.69. The first-order valence-corrected chi connectivity index (χ1v) is 8.68. The van der Waals surface area contributed by atoms with Crippen LogP contribution in [0.2, 0.25) is 0 Å². The molecule has 1 aromatic rings. The van der Waals surface area contributed by atoms with Crippen LogP contribution in [0, 0.1) is 5.92 Å². The van der Waals surface area contributed by atoms with E-state index >= 15 is 0 Å². The van der Waals surface area contributed by atoms with Crippen molar-refractivity contribution < 1.29 is 17.9 Å². The van der Waals surface area contributed by atoms with Crippen LogP contribution in [-0.2, 0) is 21.1 Å². The highest BCUT2D eigenvalue weighted by molar-refractivity contribution is 7.90. The van der Waals surface area contributed by atoms with Crippen LogP contribution in [0.25, 0.3) is 0 Å². The Morgan fingerprint density at radius 2 is 2.15 bits per heavy atom. The summed E-state index contributed by atoms with van der Waals surface area (Å²) in [4.78, 5) is 12.0. The molecule has 110 valence electrons. The molecule has 0 fully saturated rings. The van der Waals surface area contributed by atoms with E-state index in [0.717, 1.165) is 11.3 Å². The van der Waals surface area contributed by atoms with Gasteiger partial charge in [-0.1, -0.05) is 18.2 Å². The summed E-state index contributed by atoms with van der Waals surface area (Å²) < 4.78 is 27.5. The molecule has 0 unspecified atom stereocenters. The second kappa shape index (κ2) is 6.26. The second-order valence-corrected chi connectivity index (χ2v) is 7.35. The van der Waals surface area contributed by atoms with Gasteiger partial charge in [-0.25, -0.2) is 8.42 Å². The van der Waals surface area contributed by atoms with Crippen molar-refractivity contribution >= 4 is 15.7 Å². The number of para-hydroxylation sites is 1. The maximum Gasteiger partial charge on any atom is 0.226 e. The summed E-state index contributed by atoms with van der Waals surface area (Å²) in [7, 11) is -2.96. The number of hydrogen-bond acceptors (Lipinski definition) is 4. The molecule has 1 aromatic carbocycles. The van der Waals surface area contributed by atoms with Gasteiger partial charge in [-0.05, 0) is 24.5 Å². The van der Waals surface area contributed by atoms with Gasteiger partial charge in [-0.3, -0.25) is 4.79 Å². The zero-order chi connectivity index (χ0) is 14.6. The van der Waals surface area contributed by atoms with E-state index in [0.29, 0.717) is 26.0 Å². The zero-order valence-corrected chi connectivity index (χ0v) is 12.3. The van der Waals surface area contributed by atoms with E-state index < -0.39 is 9.84 Å². The molecular formula is C14H19NO4S. The number of fused-ring (bicyclic) bond motifs is 1. The molecule has 0 bridgehead atoms. The van der Waals surface area contributed by atoms with Crippen molar-refractivity contribution in [1.82, 2.24) is 5.32 Å². The maximum absolute atomic E-state index is 12.0. The third-order valence-electron chi connectivity index (χ3n) is 3.24. The minimum atomic E-state index is -2.96. The van der Waals surface area contributed by atoms with Crippen LogP contribution in [0.15, 0.2) is 24.3 Å². The lowest BCUT2D eigenvalue weighted by Gasteiger charge is -2.24. The number of rotatable bonds is 5. The molecule has 5 nitrogen and oxygen atoms in total. The van der Waals surface area contributed by atoms with E-state index in [4.69, 9.17) is 4.74 Å². The molecule has 2 rings (SSSR count). The summed E-state index contributed by atoms with van der Waals surface area (Å²) >= 11 is 0. The molecule has 0 aromatic heterocycles. The monoisotopic (exact) mass is 297 g/mol. The molecule has 0 radical (unpaired) electrons. The predicted molar refractivity (Wildman–Crippen MR) is 76.5 cm³/mol. The number of amides is 1. The van der Waals surface area contributed by atoms with Gasteiger partial charge in [0.1, 0.15) is 22.2 Å². The molecule has 6 heteroatoms. The van der Waals surface area contributed by atoms with Gasteiger partial charge >= 0.3 is 0 Å². The summed E-state index contributed by atoms with van der Waals surface area (Å²) in [5.74, 6) is 0.654. The van der Waals surface area contributed by atoms with Gasteiger partial charge in [-0.15, -0.1) is 0 Å². The Kier molecular flexibility index (Phi) is 4.65. The molecule has 0 saturated carbocycles. The first-order valence-electron chi connectivity index (χ1n) is 6.62. The standard InChI is InChI=1S/C14H19NO4S/c1-20(17,18)8-4-7-15-14(16)12-9-11-5-2-3-6-13(11)19-10-12/h2-3,5-6,12H,4,7-10H2,1H3,(H,15,16)/t12-/m0/s1. The largest absolute Gasteiger partial charge is 0.492 e. The van der Waals surface area contributed by atoms with Crippen LogP contribution < -0.4 is 10.1 Å². The van der Waals surface area contributed by atoms with Crippen molar-refractivity contribution in [2.24, 2.45) is 5.92 Å². The van der Waals surface area contributed by atoms with E-state index in [9.17, 15) is 13.2 Å². The highest BCUT2D eigenvalue weighted by Crippen LogP contribution is 2.26. The Labute approximate surface area is 119 Å². The van der Waals surface area contributed by atoms with E-state index in [1.54, 1.807) is 0 Å². The Hall–Kier alpha value is -1.56. The van der Waals surface area contributed by atoms with Crippen LogP contribution in [-0.4, -0.2) is 39.5 Å². The molecule has 0 spiro atoms. The third kappa shape index (κ3) is 4.23. The molecule has 1 aliphatic heterocycles. The highest BCUT2D eigenvalue weighted by Gasteiger charge is 2.25. The van der Waals surface area contributed by atoms with Crippen molar-refractivity contribution in [3.63, 3.8) is 0 Å². The fraction of sp³-hybridized carbons (Fsp3) is 0.500. The first kappa shape index (κ1) is 14.8. The molecular weight excluding hydrogens is 278 g/mol. The second-order valence-electron chi connectivity index (χ2n) is 5.09. The number of ether oxygens (including phenoxy) is 1. The topological polar surface area (TPSA) is 72.5 Å². The van der Waals surface area contributed by atoms with Crippen LogP contribution in [0.5, 0.6) is 5.75 Å². The molecule has 0 aliphatic carbocycles. The van der Waals surface area contributed by atoms with Crippen molar-refractivity contribution in [1.29, 1.82) is 0 Å². The number of hydrogen-bond donors (Lipinski definition) is 1. The van der Waals surface area contributed by atoms with Crippen LogP contribution in [0.4, 0.5) is 0 Å². The average molecular weight is 297 g/mol. The number of sulfone groups is 1. The van der Waals surface area contributed by atoms with Crippen molar-refractivity contribution in [3.05, 3.63) is 29.8 Å². The Bertz CT molecular complexity index is 583. The molecule has 1 atom stereocenters. The van der Waals surface area contributed by atoms with Crippen molar-refractivity contribution in [3.8, 4) is 5.75 Å². The lowest BCUT2D eigenvalue weighted by atomic mass is 9.96. The van der Waals surface area contributed by atoms with Gasteiger partial charge in [-0.2, -0.15) is 0 Å². The summed E-state index contributed by atoms with van der Waals surface area (Å²) in [5.41, 5.74) is 1.04. The smallest absolute Gasteiger partial charge is 0.226 e. The SMILES string of the molecule is CS(=O)(=O)CCCNC(=O)[C@@H]1COc2ccccc2C1. The predicted octanol–water partition coefficient (Wildman–Crippen LogP) is 0.789. The molecule has 1 amide bonds. The fourth-order valence-electron chi connectivity index (χ4n) is 2.19. The Morgan fingerprint density at radius 1 is 1.40 bits per heavy atom. The maximum atomic E-state index is 12.0. The Balaban J connectivity index is 1.80. The van der Waals surface area contributed by atoms with Gasteiger partial charge in [0.15, 0.2) is 0 Å². The summed E-state index contributed by atoms with van der Waals surface area (Å²) in [6.45, 7) is 0.749. The minimum absolute atomic E-state index is 0.0759. The number of carbonyl (C=O) groups is 1. The van der Waals surface area contributed by atoms with Crippen molar-refractivity contribution in [2.75, 3.05) is 25.2 Å². The molecule has 20 heavy (non-hydrogen) atoms. The Morgan fingerprint density at radius 3 is 2.90 bits per heavy atom. The van der Waals surface area contributed by atoms with Gasteiger partial charge in [0.2, 0.25) is 5.91 Å². The number of nitrogens with one attached hydrogen (secondary N) is 1. The lowest BCUT2D eigenvalue weighted by Crippen LogP contribution is -2.38. The first-order chi connectivity index (χ1) is 9.46. The van der Waals surface area contributed by atoms with Crippen molar-refractivity contribution in [2.45, 2.75) is 12.8 Å². The highest BCUT2D eigenvalue weighted by atomic mass is 32.2. The minimum Gasteiger partial charge on any atom is -0.492 e. The van der Waals surface area contributed by atoms with Gasteiger partial charge < -0.3 is 10.1 Å². The summed E-state index contributed by atoms with van der Waals surface area (Å²) in [5, 5.41) is 2.77. The normalized spacial score (nSPS) is 17.9. The molecule has 0 saturated heterocycles. The van der Waals surface area contributed by atoms with Gasteiger partial charge in [0.05, 0.1) is 11.7 Å². The molecule has 1 aliphatic rings. The average Bonchev–Trinajstić information content (AvgIpc) is 2.42. The quantitative estimate of drug-likeness (QED) is 0.816. The lowest BCUT2D eigenvalue weighted by molar-refractivity contribution is -0.126. The third-order valence-corrected chi connectivity index (χ3v) is 4.27. The molecule has 1 heterocycles. The molecule has 1 N–H and O–H groups in total.